The summed E-state index contributed by atoms with van der Waals surface area (Å²) in [6.45, 7) is 6.62. The molecule has 1 fully saturated rings. The Hall–Kier alpha value is -1.97. The predicted octanol–water partition coefficient (Wildman–Crippen LogP) is 3.27. The van der Waals surface area contributed by atoms with Gasteiger partial charge in [-0.1, -0.05) is 43.8 Å². The second-order valence-electron chi connectivity index (χ2n) is 7.77. The molecule has 0 spiro atoms. The van der Waals surface area contributed by atoms with Crippen LogP contribution in [0.2, 0.25) is 19.6 Å². The SMILES string of the molecule is C[Si](C)(C)c1cnc(/C=C/c2cnc(NC(=O)NC3CCCCC3O)s2)o1. The highest BCUT2D eigenvalue weighted by Crippen LogP contribution is 2.21. The van der Waals surface area contributed by atoms with Gasteiger partial charge < -0.3 is 14.8 Å². The third kappa shape index (κ3) is 5.50. The second kappa shape index (κ2) is 8.36. The number of carbonyl (C=O) groups is 1. The van der Waals surface area contributed by atoms with Crippen molar-refractivity contribution < 1.29 is 14.3 Å². The lowest BCUT2D eigenvalue weighted by Crippen LogP contribution is -2.46. The minimum absolute atomic E-state index is 0.191. The van der Waals surface area contributed by atoms with Crippen molar-refractivity contribution >= 4 is 48.1 Å². The Balaban J connectivity index is 1.55. The molecular formula is C18H26N4O3SSi. The third-order valence-corrected chi connectivity index (χ3v) is 7.03. The van der Waals surface area contributed by atoms with Crippen molar-refractivity contribution in [1.29, 1.82) is 0 Å². The molecule has 2 atom stereocenters. The maximum atomic E-state index is 12.1. The lowest BCUT2D eigenvalue weighted by molar-refractivity contribution is 0.0955. The number of oxazole rings is 1. The van der Waals surface area contributed by atoms with Gasteiger partial charge in [-0.25, -0.2) is 14.8 Å². The number of amides is 2. The highest BCUT2D eigenvalue weighted by Gasteiger charge is 2.24. The minimum atomic E-state index is -1.50. The first-order valence-electron chi connectivity index (χ1n) is 9.17. The van der Waals surface area contributed by atoms with Crippen molar-refractivity contribution in [3.63, 3.8) is 0 Å². The van der Waals surface area contributed by atoms with Gasteiger partial charge in [0.15, 0.2) is 5.13 Å². The zero-order chi connectivity index (χ0) is 19.4. The average Bonchev–Trinajstić information content (AvgIpc) is 3.24. The molecule has 2 aromatic heterocycles. The fourth-order valence-corrected chi connectivity index (χ4v) is 4.44. The van der Waals surface area contributed by atoms with E-state index < -0.39 is 14.2 Å². The smallest absolute Gasteiger partial charge is 0.321 e. The van der Waals surface area contributed by atoms with E-state index in [1.807, 2.05) is 6.08 Å². The average molecular weight is 407 g/mol. The molecule has 2 unspecified atom stereocenters. The maximum absolute atomic E-state index is 12.1. The highest BCUT2D eigenvalue weighted by atomic mass is 32.1. The fraction of sp³-hybridized carbons (Fsp3) is 0.500. The molecule has 7 nitrogen and oxygen atoms in total. The lowest BCUT2D eigenvalue weighted by atomic mass is 9.93. The normalized spacial score (nSPS) is 20.7. The van der Waals surface area contributed by atoms with Gasteiger partial charge in [0.1, 0.15) is 13.5 Å². The molecule has 2 amide bonds. The molecule has 3 rings (SSSR count). The molecule has 2 heterocycles. The van der Waals surface area contributed by atoms with Crippen LogP contribution in [0, 0.1) is 0 Å². The molecule has 2 aromatic rings. The van der Waals surface area contributed by atoms with Crippen LogP contribution >= 0.6 is 11.3 Å². The Kier molecular flexibility index (Phi) is 6.13. The van der Waals surface area contributed by atoms with E-state index in [9.17, 15) is 9.90 Å². The van der Waals surface area contributed by atoms with Crippen molar-refractivity contribution in [3.05, 3.63) is 23.2 Å². The Morgan fingerprint density at radius 2 is 2.04 bits per heavy atom. The number of aromatic nitrogens is 2. The van der Waals surface area contributed by atoms with Crippen molar-refractivity contribution in [2.45, 2.75) is 57.5 Å². The number of hydrogen-bond acceptors (Lipinski definition) is 6. The van der Waals surface area contributed by atoms with Crippen molar-refractivity contribution in [2.75, 3.05) is 5.32 Å². The number of carbonyl (C=O) groups excluding carboxylic acids is 1. The molecule has 1 saturated carbocycles. The van der Waals surface area contributed by atoms with Gasteiger partial charge in [0, 0.05) is 17.2 Å². The number of nitrogens with one attached hydrogen (secondary N) is 2. The summed E-state index contributed by atoms with van der Waals surface area (Å²) in [6.07, 6.45) is 10.3. The number of hydrogen-bond donors (Lipinski definition) is 3. The highest BCUT2D eigenvalue weighted by molar-refractivity contribution is 7.16. The van der Waals surface area contributed by atoms with E-state index in [0.29, 0.717) is 11.0 Å². The van der Waals surface area contributed by atoms with E-state index in [0.717, 1.165) is 35.9 Å². The summed E-state index contributed by atoms with van der Waals surface area (Å²) >= 11 is 1.36. The van der Waals surface area contributed by atoms with Crippen molar-refractivity contribution in [2.24, 2.45) is 0 Å². The Labute approximate surface area is 163 Å². The van der Waals surface area contributed by atoms with Crippen LogP contribution in [0.5, 0.6) is 0 Å². The van der Waals surface area contributed by atoms with Gasteiger partial charge in [-0.05, 0) is 18.9 Å². The lowest BCUT2D eigenvalue weighted by Gasteiger charge is -2.28. The molecule has 27 heavy (non-hydrogen) atoms. The largest absolute Gasteiger partial charge is 0.447 e. The first-order chi connectivity index (χ1) is 12.8. The van der Waals surface area contributed by atoms with Crippen LogP contribution in [0.25, 0.3) is 12.2 Å². The number of urea groups is 1. The van der Waals surface area contributed by atoms with Gasteiger partial charge in [0.25, 0.3) is 0 Å². The molecular weight excluding hydrogens is 380 g/mol. The number of aliphatic hydroxyl groups excluding tert-OH is 1. The summed E-state index contributed by atoms with van der Waals surface area (Å²) in [5.74, 6) is 0.569. The molecule has 0 saturated heterocycles. The first kappa shape index (κ1) is 19.8. The van der Waals surface area contributed by atoms with Gasteiger partial charge in [0.2, 0.25) is 5.89 Å². The molecule has 3 N–H and O–H groups in total. The monoisotopic (exact) mass is 406 g/mol. The van der Waals surface area contributed by atoms with Crippen molar-refractivity contribution in [3.8, 4) is 0 Å². The summed E-state index contributed by atoms with van der Waals surface area (Å²) in [7, 11) is -1.50. The van der Waals surface area contributed by atoms with Crippen LogP contribution in [-0.2, 0) is 0 Å². The number of aliphatic hydroxyl groups is 1. The molecule has 9 heteroatoms. The van der Waals surface area contributed by atoms with E-state index >= 15 is 0 Å². The van der Waals surface area contributed by atoms with Gasteiger partial charge in [-0.2, -0.15) is 0 Å². The van der Waals surface area contributed by atoms with Crippen LogP contribution in [0.3, 0.4) is 0 Å². The fourth-order valence-electron chi connectivity index (χ4n) is 2.87. The number of rotatable bonds is 5. The van der Waals surface area contributed by atoms with Gasteiger partial charge in [-0.15, -0.1) is 0 Å². The van der Waals surface area contributed by atoms with Crippen LogP contribution in [0.1, 0.15) is 36.5 Å². The zero-order valence-corrected chi connectivity index (χ0v) is 17.7. The molecule has 146 valence electrons. The summed E-state index contributed by atoms with van der Waals surface area (Å²) in [5, 5.41) is 17.0. The molecule has 1 aliphatic carbocycles. The van der Waals surface area contributed by atoms with E-state index in [-0.39, 0.29) is 12.1 Å². The molecule has 1 aliphatic rings. The van der Waals surface area contributed by atoms with Crippen LogP contribution < -0.4 is 16.0 Å². The van der Waals surface area contributed by atoms with E-state index in [1.54, 1.807) is 18.5 Å². The van der Waals surface area contributed by atoms with Crippen LogP contribution in [0.4, 0.5) is 9.93 Å². The minimum Gasteiger partial charge on any atom is -0.447 e. The Bertz CT molecular complexity index is 812. The Morgan fingerprint density at radius 1 is 1.26 bits per heavy atom. The first-order valence-corrected chi connectivity index (χ1v) is 13.5. The molecule has 0 radical (unpaired) electrons. The molecule has 0 bridgehead atoms. The van der Waals surface area contributed by atoms with Crippen molar-refractivity contribution in [1.82, 2.24) is 15.3 Å². The van der Waals surface area contributed by atoms with Crippen LogP contribution in [-0.4, -0.2) is 41.3 Å². The summed E-state index contributed by atoms with van der Waals surface area (Å²) in [4.78, 5) is 21.5. The number of nitrogens with zero attached hydrogens (tertiary/aromatic N) is 2. The van der Waals surface area contributed by atoms with E-state index in [1.165, 1.54) is 11.3 Å². The molecule has 0 aromatic carbocycles. The second-order valence-corrected chi connectivity index (χ2v) is 13.8. The van der Waals surface area contributed by atoms with E-state index in [4.69, 9.17) is 4.42 Å². The zero-order valence-electron chi connectivity index (χ0n) is 15.9. The van der Waals surface area contributed by atoms with Gasteiger partial charge >= 0.3 is 6.03 Å². The Morgan fingerprint density at radius 3 is 2.74 bits per heavy atom. The number of anilines is 1. The summed E-state index contributed by atoms with van der Waals surface area (Å²) < 4.78 is 5.78. The predicted molar refractivity (Wildman–Crippen MR) is 111 cm³/mol. The van der Waals surface area contributed by atoms with Gasteiger partial charge in [-0.3, -0.25) is 5.32 Å². The topological polar surface area (TPSA) is 100 Å². The summed E-state index contributed by atoms with van der Waals surface area (Å²) in [5.41, 5.74) is 0. The van der Waals surface area contributed by atoms with Crippen LogP contribution in [0.15, 0.2) is 16.8 Å². The maximum Gasteiger partial charge on any atom is 0.321 e. The third-order valence-electron chi connectivity index (χ3n) is 4.44. The standard InChI is InChI=1S/C18H26N4O3SSi/c1-27(2,3)16-11-19-15(25-16)9-8-12-10-20-18(26-12)22-17(24)21-13-6-4-5-7-14(13)23/h8-11,13-14,23H,4-7H2,1-3H3,(H2,20,21,22,24)/b9-8+. The quantitative estimate of drug-likeness (QED) is 0.662. The summed E-state index contributed by atoms with van der Waals surface area (Å²) in [6, 6.07) is -0.526. The molecule has 0 aliphatic heterocycles. The number of thiazole rings is 1. The van der Waals surface area contributed by atoms with Gasteiger partial charge in [0.05, 0.1) is 18.3 Å². The van der Waals surface area contributed by atoms with E-state index in [2.05, 4.69) is 40.2 Å².